The molecule has 1 fully saturated rings. The molecule has 0 bridgehead atoms. The van der Waals surface area contributed by atoms with Crippen LogP contribution in [0.3, 0.4) is 0 Å². The second-order valence-corrected chi connectivity index (χ2v) is 8.15. The smallest absolute Gasteiger partial charge is 0.219 e. The third-order valence-electron chi connectivity index (χ3n) is 3.67. The van der Waals surface area contributed by atoms with Crippen LogP contribution in [0.15, 0.2) is 33.6 Å². The number of benzene rings is 1. The highest BCUT2D eigenvalue weighted by molar-refractivity contribution is 9.10. The van der Waals surface area contributed by atoms with Gasteiger partial charge in [0.25, 0.3) is 0 Å². The van der Waals surface area contributed by atoms with E-state index < -0.39 is 9.84 Å². The fraction of sp³-hybridized carbons (Fsp3) is 0.500. The van der Waals surface area contributed by atoms with Gasteiger partial charge in [0.05, 0.1) is 10.6 Å². The number of carbonyl (C=O) groups is 1. The number of sulfone groups is 1. The van der Waals surface area contributed by atoms with Gasteiger partial charge in [0, 0.05) is 44.1 Å². The maximum Gasteiger partial charge on any atom is 0.219 e. The van der Waals surface area contributed by atoms with E-state index >= 15 is 0 Å². The van der Waals surface area contributed by atoms with Gasteiger partial charge in [0.15, 0.2) is 9.84 Å². The summed E-state index contributed by atoms with van der Waals surface area (Å²) < 4.78 is 25.4. The summed E-state index contributed by atoms with van der Waals surface area (Å²) in [6.45, 7) is 4.88. The SMILES string of the molecule is CC(=O)N1CCN(CCS(=O)(=O)c2ccc(Br)cc2)CC1. The third-order valence-corrected chi connectivity index (χ3v) is 5.91. The zero-order valence-corrected chi connectivity index (χ0v) is 14.4. The number of piperazine rings is 1. The standard InChI is InChI=1S/C14H19BrN2O3S/c1-12(18)17-8-6-16(7-9-17)10-11-21(19,20)14-4-2-13(15)3-5-14/h2-5H,6-11H2,1H3. The molecule has 1 amide bonds. The molecule has 0 atom stereocenters. The maximum absolute atomic E-state index is 12.3. The van der Waals surface area contributed by atoms with Crippen LogP contribution in [0.2, 0.25) is 0 Å². The van der Waals surface area contributed by atoms with Crippen molar-refractivity contribution in [3.63, 3.8) is 0 Å². The van der Waals surface area contributed by atoms with Crippen molar-refractivity contribution in [1.82, 2.24) is 9.80 Å². The molecule has 0 radical (unpaired) electrons. The zero-order valence-electron chi connectivity index (χ0n) is 12.0. The Morgan fingerprint density at radius 2 is 1.71 bits per heavy atom. The van der Waals surface area contributed by atoms with E-state index in [9.17, 15) is 13.2 Å². The Morgan fingerprint density at radius 1 is 1.14 bits per heavy atom. The Bertz CT molecular complexity index is 593. The van der Waals surface area contributed by atoms with Gasteiger partial charge in [-0.15, -0.1) is 0 Å². The van der Waals surface area contributed by atoms with Gasteiger partial charge in [-0.2, -0.15) is 0 Å². The molecule has 1 saturated heterocycles. The minimum absolute atomic E-state index is 0.0807. The van der Waals surface area contributed by atoms with E-state index in [-0.39, 0.29) is 11.7 Å². The lowest BCUT2D eigenvalue weighted by Crippen LogP contribution is -2.49. The minimum Gasteiger partial charge on any atom is -0.340 e. The lowest BCUT2D eigenvalue weighted by molar-refractivity contribution is -0.130. The molecule has 7 heteroatoms. The van der Waals surface area contributed by atoms with E-state index in [0.717, 1.165) is 17.6 Å². The van der Waals surface area contributed by atoms with Gasteiger partial charge in [-0.1, -0.05) is 15.9 Å². The van der Waals surface area contributed by atoms with Crippen molar-refractivity contribution in [2.45, 2.75) is 11.8 Å². The van der Waals surface area contributed by atoms with E-state index in [2.05, 4.69) is 20.8 Å². The highest BCUT2D eigenvalue weighted by Gasteiger charge is 2.21. The first-order chi connectivity index (χ1) is 9.88. The first-order valence-corrected chi connectivity index (χ1v) is 9.29. The maximum atomic E-state index is 12.3. The summed E-state index contributed by atoms with van der Waals surface area (Å²) in [6.07, 6.45) is 0. The average Bonchev–Trinajstić information content (AvgIpc) is 2.46. The van der Waals surface area contributed by atoms with Crippen molar-refractivity contribution in [3.05, 3.63) is 28.7 Å². The van der Waals surface area contributed by atoms with E-state index in [1.807, 2.05) is 0 Å². The monoisotopic (exact) mass is 374 g/mol. The highest BCUT2D eigenvalue weighted by atomic mass is 79.9. The topological polar surface area (TPSA) is 57.7 Å². The number of amides is 1. The largest absolute Gasteiger partial charge is 0.340 e. The number of carbonyl (C=O) groups excluding carboxylic acids is 1. The van der Waals surface area contributed by atoms with Gasteiger partial charge in [0.1, 0.15) is 0 Å². The molecule has 1 aliphatic rings. The van der Waals surface area contributed by atoms with Crippen molar-refractivity contribution in [1.29, 1.82) is 0 Å². The lowest BCUT2D eigenvalue weighted by atomic mass is 10.3. The molecular formula is C14H19BrN2O3S. The predicted molar refractivity (Wildman–Crippen MR) is 84.9 cm³/mol. The molecule has 1 aliphatic heterocycles. The van der Waals surface area contributed by atoms with E-state index in [0.29, 0.717) is 24.5 Å². The third kappa shape index (κ3) is 4.52. The molecule has 0 N–H and O–H groups in total. The molecule has 0 aliphatic carbocycles. The molecule has 0 saturated carbocycles. The van der Waals surface area contributed by atoms with Crippen LogP contribution in [-0.2, 0) is 14.6 Å². The minimum atomic E-state index is -3.25. The summed E-state index contributed by atoms with van der Waals surface area (Å²) in [6, 6.07) is 6.71. The van der Waals surface area contributed by atoms with Crippen molar-refractivity contribution < 1.29 is 13.2 Å². The van der Waals surface area contributed by atoms with Crippen LogP contribution in [0.4, 0.5) is 0 Å². The van der Waals surface area contributed by atoms with E-state index in [1.54, 1.807) is 36.1 Å². The number of nitrogens with zero attached hydrogens (tertiary/aromatic N) is 2. The summed E-state index contributed by atoms with van der Waals surface area (Å²) in [7, 11) is -3.25. The number of halogens is 1. The summed E-state index contributed by atoms with van der Waals surface area (Å²) in [5.41, 5.74) is 0. The van der Waals surface area contributed by atoms with Crippen LogP contribution >= 0.6 is 15.9 Å². The number of hydrogen-bond acceptors (Lipinski definition) is 4. The Balaban J connectivity index is 1.88. The normalized spacial score (nSPS) is 17.0. The van der Waals surface area contributed by atoms with E-state index in [4.69, 9.17) is 0 Å². The molecule has 2 rings (SSSR count). The Labute approximate surface area is 134 Å². The highest BCUT2D eigenvalue weighted by Crippen LogP contribution is 2.16. The van der Waals surface area contributed by atoms with Crippen molar-refractivity contribution in [2.24, 2.45) is 0 Å². The Hall–Kier alpha value is -0.920. The van der Waals surface area contributed by atoms with Gasteiger partial charge < -0.3 is 4.90 Å². The fourth-order valence-corrected chi connectivity index (χ4v) is 3.84. The van der Waals surface area contributed by atoms with Gasteiger partial charge >= 0.3 is 0 Å². The lowest BCUT2D eigenvalue weighted by Gasteiger charge is -2.34. The Kier molecular flexibility index (Phi) is 5.40. The molecular weight excluding hydrogens is 356 g/mol. The first-order valence-electron chi connectivity index (χ1n) is 6.85. The van der Waals surface area contributed by atoms with Crippen LogP contribution in [-0.4, -0.2) is 62.6 Å². The summed E-state index contributed by atoms with van der Waals surface area (Å²) in [5, 5.41) is 0. The van der Waals surface area contributed by atoms with Crippen molar-refractivity contribution in [2.75, 3.05) is 38.5 Å². The van der Waals surface area contributed by atoms with Gasteiger partial charge in [-0.25, -0.2) is 8.42 Å². The Morgan fingerprint density at radius 3 is 2.24 bits per heavy atom. The van der Waals surface area contributed by atoms with Gasteiger partial charge in [-0.3, -0.25) is 9.69 Å². The number of hydrogen-bond donors (Lipinski definition) is 0. The summed E-state index contributed by atoms with van der Waals surface area (Å²) in [4.78, 5) is 15.5. The molecule has 116 valence electrons. The van der Waals surface area contributed by atoms with Crippen LogP contribution in [0.5, 0.6) is 0 Å². The van der Waals surface area contributed by atoms with Gasteiger partial charge in [0.2, 0.25) is 5.91 Å². The molecule has 0 aromatic heterocycles. The molecule has 1 aromatic rings. The van der Waals surface area contributed by atoms with Crippen LogP contribution < -0.4 is 0 Å². The van der Waals surface area contributed by atoms with Crippen molar-refractivity contribution in [3.8, 4) is 0 Å². The molecule has 1 aromatic carbocycles. The molecule has 21 heavy (non-hydrogen) atoms. The van der Waals surface area contributed by atoms with E-state index in [1.165, 1.54) is 0 Å². The first kappa shape index (κ1) is 16.5. The molecule has 1 heterocycles. The van der Waals surface area contributed by atoms with Crippen LogP contribution in [0.25, 0.3) is 0 Å². The predicted octanol–water partition coefficient (Wildman–Crippen LogP) is 1.39. The molecule has 0 spiro atoms. The second-order valence-electron chi connectivity index (χ2n) is 5.12. The van der Waals surface area contributed by atoms with Crippen molar-refractivity contribution >= 4 is 31.7 Å². The van der Waals surface area contributed by atoms with Crippen LogP contribution in [0.1, 0.15) is 6.92 Å². The zero-order chi connectivity index (χ0) is 15.5. The summed E-state index contributed by atoms with van der Waals surface area (Å²) >= 11 is 3.30. The van der Waals surface area contributed by atoms with Crippen LogP contribution in [0, 0.1) is 0 Å². The second kappa shape index (κ2) is 6.89. The summed E-state index contributed by atoms with van der Waals surface area (Å²) in [5.74, 6) is 0.187. The average molecular weight is 375 g/mol. The fourth-order valence-electron chi connectivity index (χ4n) is 2.30. The van der Waals surface area contributed by atoms with Gasteiger partial charge in [-0.05, 0) is 24.3 Å². The molecule has 5 nitrogen and oxygen atoms in total. The quantitative estimate of drug-likeness (QED) is 0.798. The number of rotatable bonds is 4. The molecule has 0 unspecified atom stereocenters.